The summed E-state index contributed by atoms with van der Waals surface area (Å²) >= 11 is 0. The lowest BCUT2D eigenvalue weighted by molar-refractivity contribution is -0.136. The van der Waals surface area contributed by atoms with Crippen LogP contribution in [0.5, 0.6) is 0 Å². The van der Waals surface area contributed by atoms with Crippen molar-refractivity contribution in [1.82, 2.24) is 19.4 Å². The third-order valence-corrected chi connectivity index (χ3v) is 3.71. The minimum atomic E-state index is -0.0679. The highest BCUT2D eigenvalue weighted by molar-refractivity contribution is 5.91. The van der Waals surface area contributed by atoms with Crippen LogP contribution in [0.1, 0.15) is 31.4 Å². The molecule has 0 bridgehead atoms. The van der Waals surface area contributed by atoms with Crippen molar-refractivity contribution in [3.63, 3.8) is 0 Å². The number of nitrogens with zero attached hydrogens (tertiary/aromatic N) is 4. The van der Waals surface area contributed by atoms with E-state index < -0.39 is 0 Å². The van der Waals surface area contributed by atoms with E-state index in [1.165, 1.54) is 0 Å². The first-order valence-electron chi connectivity index (χ1n) is 6.99. The molecule has 1 aromatic heterocycles. The van der Waals surface area contributed by atoms with E-state index in [-0.39, 0.29) is 23.8 Å². The molecule has 0 aromatic carbocycles. The SMILES string of the molecule is CC(C)C(=O)N1CCN(C(=O)c2nccn2C)C(C)C1. The Morgan fingerprint density at radius 3 is 2.55 bits per heavy atom. The van der Waals surface area contributed by atoms with Crippen molar-refractivity contribution in [2.45, 2.75) is 26.8 Å². The molecule has 1 aromatic rings. The second-order valence-electron chi connectivity index (χ2n) is 5.65. The van der Waals surface area contributed by atoms with Crippen LogP contribution in [0.15, 0.2) is 12.4 Å². The average molecular weight is 278 g/mol. The molecule has 0 spiro atoms. The van der Waals surface area contributed by atoms with E-state index >= 15 is 0 Å². The van der Waals surface area contributed by atoms with Gasteiger partial charge in [-0.2, -0.15) is 0 Å². The largest absolute Gasteiger partial charge is 0.339 e. The second-order valence-corrected chi connectivity index (χ2v) is 5.65. The monoisotopic (exact) mass is 278 g/mol. The maximum Gasteiger partial charge on any atom is 0.290 e. The number of carbonyl (C=O) groups is 2. The molecule has 1 aliphatic heterocycles. The molecular formula is C14H22N4O2. The van der Waals surface area contributed by atoms with Gasteiger partial charge in [-0.1, -0.05) is 13.8 Å². The van der Waals surface area contributed by atoms with Crippen LogP contribution in [0.25, 0.3) is 0 Å². The van der Waals surface area contributed by atoms with E-state index in [1.54, 1.807) is 21.9 Å². The van der Waals surface area contributed by atoms with Crippen LogP contribution in [-0.2, 0) is 11.8 Å². The van der Waals surface area contributed by atoms with Gasteiger partial charge in [-0.25, -0.2) is 4.98 Å². The molecule has 6 heteroatoms. The van der Waals surface area contributed by atoms with Gasteiger partial charge in [-0.3, -0.25) is 9.59 Å². The van der Waals surface area contributed by atoms with Gasteiger partial charge in [-0.05, 0) is 6.92 Å². The van der Waals surface area contributed by atoms with Gasteiger partial charge in [0.15, 0.2) is 5.82 Å². The first-order chi connectivity index (χ1) is 9.41. The van der Waals surface area contributed by atoms with Crippen molar-refractivity contribution in [3.05, 3.63) is 18.2 Å². The number of amides is 2. The number of carbonyl (C=O) groups excluding carboxylic acids is 2. The number of hydrogen-bond donors (Lipinski definition) is 0. The van der Waals surface area contributed by atoms with Crippen LogP contribution in [0.4, 0.5) is 0 Å². The molecule has 2 rings (SSSR count). The number of aromatic nitrogens is 2. The van der Waals surface area contributed by atoms with Gasteiger partial charge in [0, 0.05) is 51.0 Å². The summed E-state index contributed by atoms with van der Waals surface area (Å²) in [7, 11) is 1.81. The van der Waals surface area contributed by atoms with Crippen molar-refractivity contribution in [1.29, 1.82) is 0 Å². The minimum Gasteiger partial charge on any atom is -0.339 e. The third kappa shape index (κ3) is 2.69. The van der Waals surface area contributed by atoms with Gasteiger partial charge in [0.2, 0.25) is 5.91 Å². The van der Waals surface area contributed by atoms with Crippen molar-refractivity contribution in [3.8, 4) is 0 Å². The highest BCUT2D eigenvalue weighted by Gasteiger charge is 2.32. The number of aryl methyl sites for hydroxylation is 1. The number of piperazine rings is 1. The zero-order chi connectivity index (χ0) is 14.9. The molecule has 1 saturated heterocycles. The van der Waals surface area contributed by atoms with Crippen molar-refractivity contribution < 1.29 is 9.59 Å². The molecule has 0 N–H and O–H groups in total. The molecule has 110 valence electrons. The molecule has 0 saturated carbocycles. The molecule has 1 aliphatic rings. The summed E-state index contributed by atoms with van der Waals surface area (Å²) in [5, 5.41) is 0. The molecule has 0 radical (unpaired) electrons. The maximum atomic E-state index is 12.4. The van der Waals surface area contributed by atoms with E-state index in [1.807, 2.05) is 32.7 Å². The average Bonchev–Trinajstić information content (AvgIpc) is 2.83. The molecule has 6 nitrogen and oxygen atoms in total. The summed E-state index contributed by atoms with van der Waals surface area (Å²) in [4.78, 5) is 32.2. The lowest BCUT2D eigenvalue weighted by Gasteiger charge is -2.40. The Kier molecular flexibility index (Phi) is 4.11. The lowest BCUT2D eigenvalue weighted by atomic mass is 10.1. The first kappa shape index (κ1) is 14.6. The van der Waals surface area contributed by atoms with Gasteiger partial charge in [-0.15, -0.1) is 0 Å². The quantitative estimate of drug-likeness (QED) is 0.802. The van der Waals surface area contributed by atoms with E-state index in [9.17, 15) is 9.59 Å². The number of imidazole rings is 1. The predicted octanol–water partition coefficient (Wildman–Crippen LogP) is 0.749. The van der Waals surface area contributed by atoms with Gasteiger partial charge in [0.05, 0.1) is 0 Å². The highest BCUT2D eigenvalue weighted by atomic mass is 16.2. The summed E-state index contributed by atoms with van der Waals surface area (Å²) in [6.07, 6.45) is 3.38. The minimum absolute atomic E-state index is 0.000933. The number of rotatable bonds is 2. The molecule has 2 amide bonds. The maximum absolute atomic E-state index is 12.4. The third-order valence-electron chi connectivity index (χ3n) is 3.71. The van der Waals surface area contributed by atoms with Crippen molar-refractivity contribution in [2.75, 3.05) is 19.6 Å². The van der Waals surface area contributed by atoms with Crippen molar-refractivity contribution in [2.24, 2.45) is 13.0 Å². The molecule has 1 atom stereocenters. The Bertz CT molecular complexity index is 509. The summed E-state index contributed by atoms with van der Waals surface area (Å²) < 4.78 is 1.72. The fourth-order valence-electron chi connectivity index (χ4n) is 2.52. The Morgan fingerprint density at radius 1 is 1.35 bits per heavy atom. The Balaban J connectivity index is 2.05. The fraction of sp³-hybridized carbons (Fsp3) is 0.643. The Hall–Kier alpha value is -1.85. The van der Waals surface area contributed by atoms with Crippen LogP contribution in [0.2, 0.25) is 0 Å². The molecule has 1 unspecified atom stereocenters. The zero-order valence-corrected chi connectivity index (χ0v) is 12.5. The van der Waals surface area contributed by atoms with Crippen molar-refractivity contribution >= 4 is 11.8 Å². The summed E-state index contributed by atoms with van der Waals surface area (Å²) in [6, 6.07) is 0.00986. The molecule has 0 aliphatic carbocycles. The van der Waals surface area contributed by atoms with Crippen LogP contribution in [0.3, 0.4) is 0 Å². The fourth-order valence-corrected chi connectivity index (χ4v) is 2.52. The Morgan fingerprint density at radius 2 is 2.05 bits per heavy atom. The van der Waals surface area contributed by atoms with Gasteiger partial charge >= 0.3 is 0 Å². The topological polar surface area (TPSA) is 58.4 Å². The standard InChI is InChI=1S/C14H22N4O2/c1-10(2)13(19)17-7-8-18(11(3)9-17)14(20)12-15-5-6-16(12)4/h5-6,10-11H,7-9H2,1-4H3. The van der Waals surface area contributed by atoms with E-state index in [2.05, 4.69) is 4.98 Å². The zero-order valence-electron chi connectivity index (χ0n) is 12.5. The van der Waals surface area contributed by atoms with Gasteiger partial charge in [0.25, 0.3) is 5.91 Å². The smallest absolute Gasteiger partial charge is 0.290 e. The van der Waals surface area contributed by atoms with Gasteiger partial charge < -0.3 is 14.4 Å². The molecular weight excluding hydrogens is 256 g/mol. The number of hydrogen-bond acceptors (Lipinski definition) is 3. The van der Waals surface area contributed by atoms with E-state index in [0.717, 1.165) is 0 Å². The second kappa shape index (κ2) is 5.64. The lowest BCUT2D eigenvalue weighted by Crippen LogP contribution is -2.56. The Labute approximate surface area is 119 Å². The van der Waals surface area contributed by atoms with E-state index in [4.69, 9.17) is 0 Å². The van der Waals surface area contributed by atoms with E-state index in [0.29, 0.717) is 25.5 Å². The van der Waals surface area contributed by atoms with Crippen LogP contribution < -0.4 is 0 Å². The summed E-state index contributed by atoms with van der Waals surface area (Å²) in [5.74, 6) is 0.530. The highest BCUT2D eigenvalue weighted by Crippen LogP contribution is 2.15. The summed E-state index contributed by atoms with van der Waals surface area (Å²) in [6.45, 7) is 7.52. The normalized spacial score (nSPS) is 19.6. The van der Waals surface area contributed by atoms with Crippen LogP contribution in [-0.4, -0.2) is 56.8 Å². The molecule has 20 heavy (non-hydrogen) atoms. The molecule has 1 fully saturated rings. The van der Waals surface area contributed by atoms with Gasteiger partial charge in [0.1, 0.15) is 0 Å². The van der Waals surface area contributed by atoms with Crippen LogP contribution in [0, 0.1) is 5.92 Å². The first-order valence-corrected chi connectivity index (χ1v) is 6.99. The van der Waals surface area contributed by atoms with Crippen LogP contribution >= 0.6 is 0 Å². The predicted molar refractivity (Wildman–Crippen MR) is 75.1 cm³/mol. The molecule has 2 heterocycles. The summed E-state index contributed by atoms with van der Waals surface area (Å²) in [5.41, 5.74) is 0.